The van der Waals surface area contributed by atoms with Gasteiger partial charge in [0.15, 0.2) is 5.78 Å². The highest BCUT2D eigenvalue weighted by atomic mass is 16.1. The third-order valence-electron chi connectivity index (χ3n) is 4.10. The van der Waals surface area contributed by atoms with E-state index in [4.69, 9.17) is 0 Å². The average Bonchev–Trinajstić information content (AvgIpc) is 2.35. The van der Waals surface area contributed by atoms with Crippen molar-refractivity contribution in [3.63, 3.8) is 0 Å². The number of ketones is 1. The van der Waals surface area contributed by atoms with Crippen LogP contribution >= 0.6 is 0 Å². The molecule has 0 unspecified atom stereocenters. The molecule has 0 bridgehead atoms. The molecular formula is C17H20O. The van der Waals surface area contributed by atoms with E-state index in [0.717, 1.165) is 22.3 Å². The van der Waals surface area contributed by atoms with Crippen molar-refractivity contribution in [2.24, 2.45) is 5.41 Å². The molecule has 0 aromatic heterocycles. The molecule has 0 amide bonds. The van der Waals surface area contributed by atoms with Crippen LogP contribution in [0, 0.1) is 5.41 Å². The third-order valence-corrected chi connectivity index (χ3v) is 4.10. The number of benzene rings is 1. The van der Waals surface area contributed by atoms with Crippen LogP contribution in [0.1, 0.15) is 40.2 Å². The van der Waals surface area contributed by atoms with Crippen LogP contribution in [0.2, 0.25) is 0 Å². The summed E-state index contributed by atoms with van der Waals surface area (Å²) in [4.78, 5) is 12.5. The molecule has 1 aromatic rings. The van der Waals surface area contributed by atoms with Crippen LogP contribution in [0.25, 0.3) is 5.57 Å². The van der Waals surface area contributed by atoms with Gasteiger partial charge in [-0.2, -0.15) is 0 Å². The van der Waals surface area contributed by atoms with Gasteiger partial charge in [-0.25, -0.2) is 0 Å². The molecule has 1 aliphatic carbocycles. The fraction of sp³-hybridized carbons (Fsp3) is 0.353. The maximum Gasteiger partial charge on any atom is 0.168 e. The van der Waals surface area contributed by atoms with Gasteiger partial charge in [0.25, 0.3) is 0 Å². The molecule has 94 valence electrons. The minimum atomic E-state index is -0.435. The lowest BCUT2D eigenvalue weighted by molar-refractivity contribution is -0.120. The van der Waals surface area contributed by atoms with Crippen LogP contribution in [-0.2, 0) is 4.79 Å². The highest BCUT2D eigenvalue weighted by molar-refractivity contribution is 6.11. The summed E-state index contributed by atoms with van der Waals surface area (Å²) in [6, 6.07) is 10.2. The molecule has 1 heteroatoms. The quantitative estimate of drug-likeness (QED) is 0.710. The van der Waals surface area contributed by atoms with Gasteiger partial charge < -0.3 is 0 Å². The Morgan fingerprint density at radius 1 is 0.833 bits per heavy atom. The van der Waals surface area contributed by atoms with Gasteiger partial charge in [-0.05, 0) is 62.5 Å². The second-order valence-corrected chi connectivity index (χ2v) is 5.57. The molecule has 0 fully saturated rings. The molecule has 0 atom stereocenters. The molecule has 0 spiro atoms. The molecule has 18 heavy (non-hydrogen) atoms. The highest BCUT2D eigenvalue weighted by Gasteiger charge is 2.38. The van der Waals surface area contributed by atoms with Crippen molar-refractivity contribution in [1.82, 2.24) is 0 Å². The molecule has 1 aliphatic rings. The first kappa shape index (κ1) is 12.8. The van der Waals surface area contributed by atoms with Crippen molar-refractivity contribution >= 4 is 11.4 Å². The lowest BCUT2D eigenvalue weighted by Gasteiger charge is -2.34. The second-order valence-electron chi connectivity index (χ2n) is 5.57. The van der Waals surface area contributed by atoms with Gasteiger partial charge in [0.1, 0.15) is 0 Å². The minimum Gasteiger partial charge on any atom is -0.294 e. The fourth-order valence-electron chi connectivity index (χ4n) is 2.87. The van der Waals surface area contributed by atoms with Gasteiger partial charge in [0, 0.05) is 0 Å². The predicted octanol–water partition coefficient (Wildman–Crippen LogP) is 4.41. The van der Waals surface area contributed by atoms with Gasteiger partial charge in [0.05, 0.1) is 5.41 Å². The largest absolute Gasteiger partial charge is 0.294 e. The summed E-state index contributed by atoms with van der Waals surface area (Å²) in [5.74, 6) is 0.240. The van der Waals surface area contributed by atoms with Crippen LogP contribution < -0.4 is 0 Å². The topological polar surface area (TPSA) is 17.1 Å². The van der Waals surface area contributed by atoms with Crippen molar-refractivity contribution < 1.29 is 4.79 Å². The predicted molar refractivity (Wildman–Crippen MR) is 76.2 cm³/mol. The number of hydrogen-bond acceptors (Lipinski definition) is 1. The van der Waals surface area contributed by atoms with Crippen LogP contribution in [0.15, 0.2) is 47.1 Å². The van der Waals surface area contributed by atoms with Gasteiger partial charge in [-0.1, -0.05) is 30.3 Å². The zero-order valence-electron chi connectivity index (χ0n) is 11.8. The summed E-state index contributed by atoms with van der Waals surface area (Å²) in [5.41, 5.74) is 5.14. The molecule has 0 saturated heterocycles. The standard InChI is InChI=1S/C17H20O/c1-11-12(2)15(14-9-7-6-8-10-14)17(4,5)16(18)13(11)3/h6-10H,1-5H3. The first-order valence-corrected chi connectivity index (χ1v) is 6.36. The summed E-state index contributed by atoms with van der Waals surface area (Å²) in [7, 11) is 0. The molecule has 0 N–H and O–H groups in total. The Morgan fingerprint density at radius 2 is 1.39 bits per heavy atom. The van der Waals surface area contributed by atoms with Crippen LogP contribution in [0.4, 0.5) is 0 Å². The number of hydrogen-bond donors (Lipinski definition) is 0. The Balaban J connectivity index is 2.73. The zero-order chi connectivity index (χ0) is 13.5. The lowest BCUT2D eigenvalue weighted by atomic mass is 9.67. The SMILES string of the molecule is CC1=C(C)C(C)=C(c2ccccc2)C(C)(C)C1=O. The van der Waals surface area contributed by atoms with Crippen LogP contribution in [-0.4, -0.2) is 5.78 Å². The van der Waals surface area contributed by atoms with E-state index in [1.54, 1.807) is 0 Å². The summed E-state index contributed by atoms with van der Waals surface area (Å²) in [6.07, 6.45) is 0. The van der Waals surface area contributed by atoms with Crippen molar-refractivity contribution in [1.29, 1.82) is 0 Å². The molecule has 0 saturated carbocycles. The average molecular weight is 240 g/mol. The smallest absolute Gasteiger partial charge is 0.168 e. The monoisotopic (exact) mass is 240 g/mol. The highest BCUT2D eigenvalue weighted by Crippen LogP contribution is 2.45. The van der Waals surface area contributed by atoms with Gasteiger partial charge in [0.2, 0.25) is 0 Å². The Kier molecular flexibility index (Phi) is 3.02. The normalized spacial score (nSPS) is 19.5. The minimum absolute atomic E-state index is 0.240. The van der Waals surface area contributed by atoms with E-state index in [2.05, 4.69) is 19.1 Å². The van der Waals surface area contributed by atoms with E-state index in [1.807, 2.05) is 45.9 Å². The van der Waals surface area contributed by atoms with E-state index in [9.17, 15) is 4.79 Å². The van der Waals surface area contributed by atoms with Gasteiger partial charge in [-0.3, -0.25) is 4.79 Å². The molecular weight excluding hydrogens is 220 g/mol. The van der Waals surface area contributed by atoms with Crippen LogP contribution in [0.5, 0.6) is 0 Å². The Bertz CT molecular complexity index is 557. The van der Waals surface area contributed by atoms with E-state index in [-0.39, 0.29) is 5.78 Å². The molecule has 2 rings (SSSR count). The summed E-state index contributed by atoms with van der Waals surface area (Å²) >= 11 is 0. The van der Waals surface area contributed by atoms with E-state index in [0.29, 0.717) is 0 Å². The molecule has 0 radical (unpaired) electrons. The van der Waals surface area contributed by atoms with Crippen LogP contribution in [0.3, 0.4) is 0 Å². The van der Waals surface area contributed by atoms with E-state index >= 15 is 0 Å². The summed E-state index contributed by atoms with van der Waals surface area (Å²) in [6.45, 7) is 10.1. The number of allylic oxidation sites excluding steroid dienone is 4. The Hall–Kier alpha value is -1.63. The first-order chi connectivity index (χ1) is 8.37. The maximum absolute atomic E-state index is 12.5. The molecule has 1 aromatic carbocycles. The van der Waals surface area contributed by atoms with Crippen molar-refractivity contribution in [2.75, 3.05) is 0 Å². The Labute approximate surface area is 109 Å². The van der Waals surface area contributed by atoms with E-state index < -0.39 is 5.41 Å². The lowest BCUT2D eigenvalue weighted by Crippen LogP contribution is -2.31. The Morgan fingerprint density at radius 3 is 1.94 bits per heavy atom. The van der Waals surface area contributed by atoms with Crippen molar-refractivity contribution in [3.05, 3.63) is 52.6 Å². The number of carbonyl (C=O) groups excluding carboxylic acids is 1. The first-order valence-electron chi connectivity index (χ1n) is 6.36. The maximum atomic E-state index is 12.5. The number of carbonyl (C=O) groups is 1. The fourth-order valence-corrected chi connectivity index (χ4v) is 2.87. The zero-order valence-corrected chi connectivity index (χ0v) is 11.8. The number of Topliss-reactive ketones (excluding diaryl/α,β-unsaturated/α-hetero) is 1. The summed E-state index contributed by atoms with van der Waals surface area (Å²) < 4.78 is 0. The van der Waals surface area contributed by atoms with Gasteiger partial charge >= 0.3 is 0 Å². The molecule has 0 heterocycles. The number of rotatable bonds is 1. The second kappa shape index (κ2) is 4.24. The summed E-state index contributed by atoms with van der Waals surface area (Å²) in [5, 5.41) is 0. The molecule has 0 aliphatic heterocycles. The molecule has 1 nitrogen and oxygen atoms in total. The van der Waals surface area contributed by atoms with Gasteiger partial charge in [-0.15, -0.1) is 0 Å². The third kappa shape index (κ3) is 1.74. The van der Waals surface area contributed by atoms with Crippen molar-refractivity contribution in [2.45, 2.75) is 34.6 Å². The van der Waals surface area contributed by atoms with E-state index in [1.165, 1.54) is 5.57 Å². The van der Waals surface area contributed by atoms with Crippen molar-refractivity contribution in [3.8, 4) is 0 Å².